The van der Waals surface area contributed by atoms with Gasteiger partial charge in [0, 0.05) is 12.6 Å². The lowest BCUT2D eigenvalue weighted by Gasteiger charge is -2.25. The summed E-state index contributed by atoms with van der Waals surface area (Å²) >= 11 is 3.90. The molecule has 0 aliphatic rings. The Bertz CT molecular complexity index is 1050. The zero-order valence-electron chi connectivity index (χ0n) is 55.3. The van der Waals surface area contributed by atoms with E-state index < -0.39 is 0 Å². The maximum Gasteiger partial charge on any atom is 0.0164 e. The number of nitrogens with one attached hydrogen (secondary N) is 1. The Balaban J connectivity index is -0.000000558. The third-order valence-electron chi connectivity index (χ3n) is 15.0. The molecule has 1 atom stereocenters. The van der Waals surface area contributed by atoms with Crippen molar-refractivity contribution in [1.82, 2.24) is 14.5 Å². The average Bonchev–Trinajstić information content (AvgIpc) is 3.40. The third kappa shape index (κ3) is 73.5. The van der Waals surface area contributed by atoms with E-state index in [0.29, 0.717) is 17.4 Å². The molecule has 0 aromatic rings. The monoisotopic (exact) mass is 1080 g/mol. The van der Waals surface area contributed by atoms with Crippen LogP contribution in [0, 0.1) is 17.3 Å². The Morgan fingerprint density at radius 2 is 0.787 bits per heavy atom. The Labute approximate surface area is 485 Å². The van der Waals surface area contributed by atoms with Crippen LogP contribution in [0.3, 0.4) is 0 Å². The second-order valence-corrected chi connectivity index (χ2v) is 24.5. The number of hydrogen-bond acceptors (Lipinski definition) is 4. The Morgan fingerprint density at radius 3 is 1.13 bits per heavy atom. The van der Waals surface area contributed by atoms with E-state index in [1.807, 2.05) is 33.8 Å². The lowest BCUT2D eigenvalue weighted by Crippen LogP contribution is -2.28. The zero-order valence-corrected chi connectivity index (χ0v) is 56.2. The fraction of sp³-hybridized carbons (Fsp3) is 0.915. The van der Waals surface area contributed by atoms with Crippen LogP contribution in [0.2, 0.25) is 0 Å². The van der Waals surface area contributed by atoms with Crippen LogP contribution < -0.4 is 4.72 Å². The zero-order chi connectivity index (χ0) is 57.5. The highest BCUT2D eigenvalue weighted by atomic mass is 32.1. The molecule has 1 unspecified atom stereocenters. The van der Waals surface area contributed by atoms with Crippen LogP contribution in [0.5, 0.6) is 0 Å². The van der Waals surface area contributed by atoms with Gasteiger partial charge in [-0.05, 0) is 134 Å². The van der Waals surface area contributed by atoms with Gasteiger partial charge in [0.2, 0.25) is 0 Å². The summed E-state index contributed by atoms with van der Waals surface area (Å²) in [6.45, 7) is 53.0. The maximum atomic E-state index is 4.59. The topological polar surface area (TPSA) is 18.5 Å². The molecule has 0 aliphatic carbocycles. The normalized spacial score (nSPS) is 11.6. The molecule has 0 saturated carbocycles. The fourth-order valence-electron chi connectivity index (χ4n) is 9.55. The van der Waals surface area contributed by atoms with Gasteiger partial charge in [0.25, 0.3) is 0 Å². The molecular formula is C71H149N3S. The van der Waals surface area contributed by atoms with E-state index in [1.54, 1.807) is 5.57 Å². The number of unbranched alkanes of at least 4 members (excludes halogenated alkanes) is 26. The SMILES string of the molecule is C=C(CCCCCCCCCCCC)CCCCCN(CCCC)CCCCCCCC(=C)CC(CCCCCCCC)CCCCCCCC.C=CCN(CCC)CCC(C)(C)C.CC.CC.CC(C)C(C)NS. The minimum absolute atomic E-state index is 0.452. The summed E-state index contributed by atoms with van der Waals surface area (Å²) in [7, 11) is 0. The minimum Gasteiger partial charge on any atom is -0.303 e. The summed E-state index contributed by atoms with van der Waals surface area (Å²) in [5.74, 6) is 1.58. The van der Waals surface area contributed by atoms with Crippen molar-refractivity contribution in [1.29, 1.82) is 0 Å². The molecule has 0 fully saturated rings. The van der Waals surface area contributed by atoms with E-state index in [0.717, 1.165) is 12.5 Å². The van der Waals surface area contributed by atoms with E-state index in [2.05, 4.69) is 123 Å². The first kappa shape index (κ1) is 83.3. The van der Waals surface area contributed by atoms with E-state index in [4.69, 9.17) is 0 Å². The largest absolute Gasteiger partial charge is 0.303 e. The molecule has 0 aromatic heterocycles. The summed E-state index contributed by atoms with van der Waals surface area (Å²) < 4.78 is 2.86. The van der Waals surface area contributed by atoms with Crippen molar-refractivity contribution >= 4 is 12.8 Å². The molecule has 0 bridgehead atoms. The van der Waals surface area contributed by atoms with Crippen molar-refractivity contribution in [3.05, 3.63) is 37.0 Å². The lowest BCUT2D eigenvalue weighted by atomic mass is 9.87. The molecule has 0 aromatic carbocycles. The van der Waals surface area contributed by atoms with E-state index in [-0.39, 0.29) is 0 Å². The summed E-state index contributed by atoms with van der Waals surface area (Å²) in [4.78, 5) is 5.26. The van der Waals surface area contributed by atoms with Gasteiger partial charge in [0.1, 0.15) is 0 Å². The van der Waals surface area contributed by atoms with Gasteiger partial charge >= 0.3 is 0 Å². The minimum atomic E-state index is 0.452. The molecule has 75 heavy (non-hydrogen) atoms. The van der Waals surface area contributed by atoms with Crippen molar-refractivity contribution in [2.45, 2.75) is 367 Å². The highest BCUT2D eigenvalue weighted by Crippen LogP contribution is 2.27. The van der Waals surface area contributed by atoms with Gasteiger partial charge in [0.05, 0.1) is 0 Å². The van der Waals surface area contributed by atoms with E-state index in [1.165, 1.54) is 295 Å². The predicted molar refractivity (Wildman–Crippen MR) is 356 cm³/mol. The van der Waals surface area contributed by atoms with Gasteiger partial charge in [-0.2, -0.15) is 0 Å². The number of hydrogen-bond donors (Lipinski definition) is 2. The summed E-state index contributed by atoms with van der Waals surface area (Å²) in [6, 6.07) is 0.517. The van der Waals surface area contributed by atoms with E-state index >= 15 is 0 Å². The molecule has 3 nitrogen and oxygen atoms in total. The van der Waals surface area contributed by atoms with E-state index in [9.17, 15) is 0 Å². The van der Waals surface area contributed by atoms with Crippen molar-refractivity contribution in [2.75, 3.05) is 39.3 Å². The second kappa shape index (κ2) is 69.6. The molecule has 0 saturated heterocycles. The quantitative estimate of drug-likeness (QED) is 0.0360. The van der Waals surface area contributed by atoms with Crippen molar-refractivity contribution in [3.63, 3.8) is 0 Å². The van der Waals surface area contributed by atoms with Crippen molar-refractivity contribution < 1.29 is 0 Å². The Morgan fingerprint density at radius 1 is 0.440 bits per heavy atom. The molecule has 0 aliphatic heterocycles. The molecule has 0 radical (unpaired) electrons. The van der Waals surface area contributed by atoms with Crippen LogP contribution in [0.4, 0.5) is 0 Å². The Hall–Kier alpha value is -0.550. The fourth-order valence-corrected chi connectivity index (χ4v) is 9.85. The standard InChI is InChI=1S/C50H99N.C12H25N.C5H13NS.2C2H6/c1-7-11-15-18-21-22-23-24-26-32-39-48(5)40-34-31-38-46-51(44-14-10-4)45-37-30-25-27-33-41-49(6)47-50(42-35-28-19-16-12-8-2)43-36-29-20-17-13-9-3;1-6-9-13(10-7-2)11-8-12(3,4)5;1-4(2)5(3)6-7;2*1-2/h50H,5-47H2,1-4H3;6H,1,7-11H2,2-5H3;4-7H,1-3H3;2*1-2H3. The number of rotatable bonds is 52. The van der Waals surface area contributed by atoms with Gasteiger partial charge in [-0.25, -0.2) is 0 Å². The molecule has 454 valence electrons. The third-order valence-corrected chi connectivity index (χ3v) is 15.4. The van der Waals surface area contributed by atoms with Gasteiger partial charge in [-0.3, -0.25) is 9.62 Å². The molecule has 0 heterocycles. The van der Waals surface area contributed by atoms with Crippen LogP contribution in [-0.4, -0.2) is 55.1 Å². The van der Waals surface area contributed by atoms with Crippen LogP contribution in [0.15, 0.2) is 37.0 Å². The molecule has 0 rings (SSSR count). The van der Waals surface area contributed by atoms with Gasteiger partial charge < -0.3 is 4.90 Å². The number of nitrogens with zero attached hydrogens (tertiary/aromatic N) is 2. The average molecular weight is 1080 g/mol. The maximum absolute atomic E-state index is 4.59. The second-order valence-electron chi connectivity index (χ2n) is 24.2. The summed E-state index contributed by atoms with van der Waals surface area (Å²) in [6.07, 6.45) is 57.7. The van der Waals surface area contributed by atoms with Crippen LogP contribution in [0.1, 0.15) is 361 Å². The first-order chi connectivity index (χ1) is 36.2. The molecule has 4 heteroatoms. The first-order valence-electron chi connectivity index (χ1n) is 34.0. The highest BCUT2D eigenvalue weighted by molar-refractivity contribution is 7.78. The summed E-state index contributed by atoms with van der Waals surface area (Å²) in [5.41, 5.74) is 3.53. The van der Waals surface area contributed by atoms with Gasteiger partial charge in [-0.1, -0.05) is 320 Å². The molecule has 0 spiro atoms. The summed E-state index contributed by atoms with van der Waals surface area (Å²) in [5, 5.41) is 0. The Kier molecular flexibility index (Phi) is 77.2. The van der Waals surface area contributed by atoms with Crippen LogP contribution in [-0.2, 0) is 0 Å². The van der Waals surface area contributed by atoms with Gasteiger partial charge in [0.15, 0.2) is 0 Å². The first-order valence-corrected chi connectivity index (χ1v) is 34.5. The molecular weight excluding hydrogens is 927 g/mol. The predicted octanol–water partition coefficient (Wildman–Crippen LogP) is 24.8. The number of allylic oxidation sites excluding steroid dienone is 2. The lowest BCUT2D eigenvalue weighted by molar-refractivity contribution is 0.246. The smallest absolute Gasteiger partial charge is 0.0164 e. The number of thiol groups is 1. The molecule has 1 N–H and O–H groups in total. The van der Waals surface area contributed by atoms with Crippen LogP contribution >= 0.6 is 12.8 Å². The molecule has 0 amide bonds. The van der Waals surface area contributed by atoms with Crippen molar-refractivity contribution in [3.8, 4) is 0 Å². The highest BCUT2D eigenvalue weighted by Gasteiger charge is 2.13. The van der Waals surface area contributed by atoms with Crippen molar-refractivity contribution in [2.24, 2.45) is 17.3 Å². The van der Waals surface area contributed by atoms with Gasteiger partial charge in [-0.15, -0.1) is 6.58 Å². The van der Waals surface area contributed by atoms with Crippen LogP contribution in [0.25, 0.3) is 0 Å².